The number of rotatable bonds is 3. The molecule has 0 saturated carbocycles. The number of hydrogen-bond acceptors (Lipinski definition) is 3. The van der Waals surface area contributed by atoms with Gasteiger partial charge in [0.25, 0.3) is 0 Å². The van der Waals surface area contributed by atoms with Gasteiger partial charge in [0.1, 0.15) is 11.4 Å². The van der Waals surface area contributed by atoms with E-state index in [4.69, 9.17) is 4.74 Å². The van der Waals surface area contributed by atoms with Gasteiger partial charge in [-0.25, -0.2) is 9.18 Å². The normalized spacial score (nSPS) is 17.5. The van der Waals surface area contributed by atoms with Crippen molar-refractivity contribution in [3.05, 3.63) is 29.6 Å². The van der Waals surface area contributed by atoms with Gasteiger partial charge in [-0.1, -0.05) is 6.07 Å². The lowest BCUT2D eigenvalue weighted by molar-refractivity contribution is 0.0179. The number of likely N-dealkylation sites (tertiary alicyclic amines) is 1. The predicted molar refractivity (Wildman–Crippen MR) is 94.8 cm³/mol. The lowest BCUT2D eigenvalue weighted by Crippen LogP contribution is -2.44. The van der Waals surface area contributed by atoms with Gasteiger partial charge >= 0.3 is 6.09 Å². The van der Waals surface area contributed by atoms with Crippen LogP contribution in [0.3, 0.4) is 0 Å². The van der Waals surface area contributed by atoms with Gasteiger partial charge in [0.2, 0.25) is 0 Å². The maximum absolute atomic E-state index is 13.6. The quantitative estimate of drug-likeness (QED) is 0.878. The summed E-state index contributed by atoms with van der Waals surface area (Å²) in [5.74, 6) is 0.264. The second kappa shape index (κ2) is 7.41. The number of aryl methyl sites for hydroxylation is 1. The number of benzene rings is 1. The first-order chi connectivity index (χ1) is 11.2. The van der Waals surface area contributed by atoms with Crippen molar-refractivity contribution in [1.29, 1.82) is 0 Å². The van der Waals surface area contributed by atoms with E-state index >= 15 is 0 Å². The summed E-state index contributed by atoms with van der Waals surface area (Å²) in [4.78, 5) is 13.9. The molecule has 1 aliphatic heterocycles. The van der Waals surface area contributed by atoms with Crippen LogP contribution in [0.25, 0.3) is 0 Å². The first-order valence-corrected chi connectivity index (χ1v) is 8.66. The first-order valence-electron chi connectivity index (χ1n) is 8.66. The highest BCUT2D eigenvalue weighted by Gasteiger charge is 2.29. The van der Waals surface area contributed by atoms with Gasteiger partial charge < -0.3 is 15.0 Å². The Hall–Kier alpha value is -1.78. The summed E-state index contributed by atoms with van der Waals surface area (Å²) in [6.07, 6.45) is 1.60. The SMILES string of the molecule is Cc1ccc(NC(C)C2CCN(C(=O)OC(C)(C)C)CC2)cc1F. The molecule has 1 amide bonds. The third-order valence-corrected chi connectivity index (χ3v) is 4.46. The Morgan fingerprint density at radius 1 is 1.33 bits per heavy atom. The van der Waals surface area contributed by atoms with Crippen LogP contribution in [0.15, 0.2) is 18.2 Å². The van der Waals surface area contributed by atoms with Crippen LogP contribution in [-0.4, -0.2) is 35.7 Å². The van der Waals surface area contributed by atoms with E-state index < -0.39 is 5.60 Å². The highest BCUT2D eigenvalue weighted by atomic mass is 19.1. The summed E-state index contributed by atoms with van der Waals surface area (Å²) in [6, 6.07) is 5.47. The number of carbonyl (C=O) groups is 1. The van der Waals surface area contributed by atoms with Gasteiger partial charge in [0.05, 0.1) is 0 Å². The van der Waals surface area contributed by atoms with Gasteiger partial charge in [-0.3, -0.25) is 0 Å². The van der Waals surface area contributed by atoms with Crippen molar-refractivity contribution in [2.75, 3.05) is 18.4 Å². The van der Waals surface area contributed by atoms with E-state index in [-0.39, 0.29) is 18.0 Å². The Labute approximate surface area is 144 Å². The fourth-order valence-electron chi connectivity index (χ4n) is 2.97. The van der Waals surface area contributed by atoms with Crippen LogP contribution < -0.4 is 5.32 Å². The van der Waals surface area contributed by atoms with E-state index in [1.54, 1.807) is 24.0 Å². The topological polar surface area (TPSA) is 41.6 Å². The average molecular weight is 336 g/mol. The number of carbonyl (C=O) groups excluding carboxylic acids is 1. The predicted octanol–water partition coefficient (Wildman–Crippen LogP) is 4.58. The van der Waals surface area contributed by atoms with Crippen molar-refractivity contribution in [3.8, 4) is 0 Å². The molecule has 1 fully saturated rings. The number of hydrogen-bond donors (Lipinski definition) is 1. The number of nitrogens with zero attached hydrogens (tertiary/aromatic N) is 1. The molecule has 2 rings (SSSR count). The molecule has 1 atom stereocenters. The van der Waals surface area contributed by atoms with Gasteiger partial charge in [-0.2, -0.15) is 0 Å². The van der Waals surface area contributed by atoms with Crippen LogP contribution in [0.4, 0.5) is 14.9 Å². The van der Waals surface area contributed by atoms with Gasteiger partial charge in [-0.05, 0) is 71.1 Å². The minimum atomic E-state index is -0.460. The number of piperidine rings is 1. The van der Waals surface area contributed by atoms with Crippen molar-refractivity contribution in [2.24, 2.45) is 5.92 Å². The van der Waals surface area contributed by atoms with Gasteiger partial charge in [0.15, 0.2) is 0 Å². The Balaban J connectivity index is 1.85. The monoisotopic (exact) mass is 336 g/mol. The summed E-state index contributed by atoms with van der Waals surface area (Å²) in [5, 5.41) is 3.39. The molecule has 0 aliphatic carbocycles. The molecule has 4 nitrogen and oxygen atoms in total. The molecule has 1 unspecified atom stereocenters. The highest BCUT2D eigenvalue weighted by molar-refractivity contribution is 5.68. The zero-order valence-corrected chi connectivity index (χ0v) is 15.4. The largest absolute Gasteiger partial charge is 0.444 e. The molecule has 1 aromatic carbocycles. The van der Waals surface area contributed by atoms with E-state index in [0.29, 0.717) is 24.6 Å². The molecule has 0 aromatic heterocycles. The van der Waals surface area contributed by atoms with Crippen molar-refractivity contribution in [1.82, 2.24) is 4.90 Å². The van der Waals surface area contributed by atoms with Crippen molar-refractivity contribution < 1.29 is 13.9 Å². The average Bonchev–Trinajstić information content (AvgIpc) is 2.49. The Bertz CT molecular complexity index is 575. The van der Waals surface area contributed by atoms with Crippen LogP contribution in [0, 0.1) is 18.7 Å². The molecule has 1 saturated heterocycles. The third-order valence-electron chi connectivity index (χ3n) is 4.46. The summed E-state index contributed by atoms with van der Waals surface area (Å²) in [6.45, 7) is 10.9. The molecule has 0 radical (unpaired) electrons. The highest BCUT2D eigenvalue weighted by Crippen LogP contribution is 2.25. The van der Waals surface area contributed by atoms with E-state index in [1.165, 1.54) is 0 Å². The Kier molecular flexibility index (Phi) is 5.73. The molecule has 24 heavy (non-hydrogen) atoms. The van der Waals surface area contributed by atoms with Crippen molar-refractivity contribution in [2.45, 2.75) is 59.1 Å². The zero-order valence-electron chi connectivity index (χ0n) is 15.4. The maximum Gasteiger partial charge on any atom is 0.410 e. The molecule has 134 valence electrons. The summed E-state index contributed by atoms with van der Waals surface area (Å²) in [7, 11) is 0. The second-order valence-electron chi connectivity index (χ2n) is 7.70. The van der Waals surface area contributed by atoms with E-state index in [0.717, 1.165) is 18.5 Å². The van der Waals surface area contributed by atoms with Crippen molar-refractivity contribution >= 4 is 11.8 Å². The summed E-state index contributed by atoms with van der Waals surface area (Å²) < 4.78 is 19.1. The van der Waals surface area contributed by atoms with Crippen LogP contribution in [0.5, 0.6) is 0 Å². The number of anilines is 1. The number of nitrogens with one attached hydrogen (secondary N) is 1. The maximum atomic E-state index is 13.6. The van der Waals surface area contributed by atoms with E-state index in [1.807, 2.05) is 26.8 Å². The minimum absolute atomic E-state index is 0.188. The summed E-state index contributed by atoms with van der Waals surface area (Å²) in [5.41, 5.74) is 0.997. The molecule has 0 spiro atoms. The molecule has 1 aliphatic rings. The standard InChI is InChI=1S/C19H29FN2O2/c1-13-6-7-16(12-17(13)20)21-14(2)15-8-10-22(11-9-15)18(23)24-19(3,4)5/h6-7,12,14-15,21H,8-11H2,1-5H3. The summed E-state index contributed by atoms with van der Waals surface area (Å²) >= 11 is 0. The smallest absolute Gasteiger partial charge is 0.410 e. The van der Waals surface area contributed by atoms with Crippen molar-refractivity contribution in [3.63, 3.8) is 0 Å². The number of amides is 1. The Morgan fingerprint density at radius 2 is 1.96 bits per heavy atom. The van der Waals surface area contributed by atoms with Crippen LogP contribution >= 0.6 is 0 Å². The minimum Gasteiger partial charge on any atom is -0.444 e. The van der Waals surface area contributed by atoms with E-state index in [2.05, 4.69) is 12.2 Å². The van der Waals surface area contributed by atoms with Gasteiger partial charge in [-0.15, -0.1) is 0 Å². The van der Waals surface area contributed by atoms with E-state index in [9.17, 15) is 9.18 Å². The molecule has 1 N–H and O–H groups in total. The lowest BCUT2D eigenvalue weighted by Gasteiger charge is -2.36. The van der Waals surface area contributed by atoms with Gasteiger partial charge in [0, 0.05) is 24.8 Å². The van der Waals surface area contributed by atoms with Crippen LogP contribution in [0.1, 0.15) is 46.1 Å². The molecular formula is C19H29FN2O2. The third kappa shape index (κ3) is 5.11. The molecular weight excluding hydrogens is 307 g/mol. The van der Waals surface area contributed by atoms with Crippen LogP contribution in [-0.2, 0) is 4.74 Å². The molecule has 1 heterocycles. The lowest BCUT2D eigenvalue weighted by atomic mass is 9.90. The molecule has 5 heteroatoms. The first kappa shape index (κ1) is 18.6. The van der Waals surface area contributed by atoms with Crippen LogP contribution in [0.2, 0.25) is 0 Å². The second-order valence-corrected chi connectivity index (χ2v) is 7.70. The molecule has 1 aromatic rings. The zero-order chi connectivity index (χ0) is 17.9. The molecule has 0 bridgehead atoms. The fourth-order valence-corrected chi connectivity index (χ4v) is 2.97. The number of ether oxygens (including phenoxy) is 1. The number of halogens is 1. The Morgan fingerprint density at radius 3 is 2.50 bits per heavy atom. The fraction of sp³-hybridized carbons (Fsp3) is 0.632.